The van der Waals surface area contributed by atoms with Crippen LogP contribution >= 0.6 is 0 Å². The first-order chi connectivity index (χ1) is 14.8. The van der Waals surface area contributed by atoms with Crippen molar-refractivity contribution in [1.82, 2.24) is 5.32 Å². The Morgan fingerprint density at radius 1 is 1.00 bits per heavy atom. The maximum atomic E-state index is 12.8. The van der Waals surface area contributed by atoms with Crippen LogP contribution in [0.2, 0.25) is 0 Å². The highest BCUT2D eigenvalue weighted by atomic mass is 16.6. The van der Waals surface area contributed by atoms with Gasteiger partial charge in [-0.05, 0) is 43.2 Å². The number of hydrogen-bond acceptors (Lipinski definition) is 5. The van der Waals surface area contributed by atoms with Crippen LogP contribution in [-0.2, 0) is 31.1 Å². The standard InChI is InChI=1S/C26H39NO5/c1-25(2,3)20-13-11-19(12-14-20)17-31-23(29)22(27-24(30)32-26(4,5)6)16-21(28)15-18-9-7-8-10-18/h11-14,18,22H,7-10,15-17H2,1-6H3,(H,27,30)/t22-/m0/s1. The van der Waals surface area contributed by atoms with Gasteiger partial charge in [0.2, 0.25) is 0 Å². The number of benzene rings is 1. The van der Waals surface area contributed by atoms with E-state index in [-0.39, 0.29) is 24.2 Å². The highest BCUT2D eigenvalue weighted by molar-refractivity contribution is 5.89. The van der Waals surface area contributed by atoms with Crippen molar-refractivity contribution in [2.45, 2.75) is 104 Å². The summed E-state index contributed by atoms with van der Waals surface area (Å²) < 4.78 is 10.7. The van der Waals surface area contributed by atoms with Crippen molar-refractivity contribution in [2.75, 3.05) is 0 Å². The fraction of sp³-hybridized carbons (Fsp3) is 0.654. The van der Waals surface area contributed by atoms with E-state index in [0.717, 1.165) is 31.2 Å². The Kier molecular flexibility index (Phi) is 8.88. The molecule has 1 aliphatic rings. The zero-order valence-electron chi connectivity index (χ0n) is 20.5. The van der Waals surface area contributed by atoms with E-state index in [1.54, 1.807) is 20.8 Å². The number of carbonyl (C=O) groups excluding carboxylic acids is 3. The van der Waals surface area contributed by atoms with Crippen molar-refractivity contribution in [1.29, 1.82) is 0 Å². The minimum absolute atomic E-state index is 0.0376. The van der Waals surface area contributed by atoms with Gasteiger partial charge in [-0.3, -0.25) is 4.79 Å². The Balaban J connectivity index is 1.99. The van der Waals surface area contributed by atoms with Crippen LogP contribution in [0.25, 0.3) is 0 Å². The van der Waals surface area contributed by atoms with Gasteiger partial charge in [0.05, 0.1) is 0 Å². The van der Waals surface area contributed by atoms with E-state index in [1.807, 2.05) is 24.3 Å². The molecule has 6 nitrogen and oxygen atoms in total. The summed E-state index contributed by atoms with van der Waals surface area (Å²) in [6.07, 6.45) is 4.00. The van der Waals surface area contributed by atoms with Gasteiger partial charge in [0.15, 0.2) is 0 Å². The van der Waals surface area contributed by atoms with Crippen LogP contribution in [0.4, 0.5) is 4.79 Å². The highest BCUT2D eigenvalue weighted by Gasteiger charge is 2.29. The van der Waals surface area contributed by atoms with Crippen molar-refractivity contribution >= 4 is 17.8 Å². The number of carbonyl (C=O) groups is 3. The average Bonchev–Trinajstić information content (AvgIpc) is 3.16. The van der Waals surface area contributed by atoms with Crippen LogP contribution < -0.4 is 5.32 Å². The lowest BCUT2D eigenvalue weighted by atomic mass is 9.87. The lowest BCUT2D eigenvalue weighted by Crippen LogP contribution is -2.45. The maximum Gasteiger partial charge on any atom is 0.408 e. The molecule has 1 atom stereocenters. The number of rotatable bonds is 8. The fourth-order valence-electron chi connectivity index (χ4n) is 3.85. The number of esters is 1. The average molecular weight is 446 g/mol. The molecule has 0 saturated heterocycles. The summed E-state index contributed by atoms with van der Waals surface area (Å²) in [4.78, 5) is 37.6. The Morgan fingerprint density at radius 2 is 1.59 bits per heavy atom. The molecular weight excluding hydrogens is 406 g/mol. The van der Waals surface area contributed by atoms with Crippen LogP contribution in [0, 0.1) is 5.92 Å². The lowest BCUT2D eigenvalue weighted by Gasteiger charge is -2.23. The number of hydrogen-bond donors (Lipinski definition) is 1. The predicted octanol–water partition coefficient (Wildman–Crippen LogP) is 5.46. The highest BCUT2D eigenvalue weighted by Crippen LogP contribution is 2.28. The van der Waals surface area contributed by atoms with Gasteiger partial charge in [-0.2, -0.15) is 0 Å². The largest absolute Gasteiger partial charge is 0.459 e. The quantitative estimate of drug-likeness (QED) is 0.537. The molecule has 0 aliphatic heterocycles. The van der Waals surface area contributed by atoms with E-state index in [4.69, 9.17) is 9.47 Å². The van der Waals surface area contributed by atoms with E-state index in [2.05, 4.69) is 26.1 Å². The predicted molar refractivity (Wildman–Crippen MR) is 124 cm³/mol. The molecule has 0 spiro atoms. The van der Waals surface area contributed by atoms with Gasteiger partial charge in [-0.25, -0.2) is 9.59 Å². The number of Topliss-reactive ketones (excluding diaryl/α,β-unsaturated/α-hetero) is 1. The second kappa shape index (κ2) is 11.0. The molecule has 1 aromatic rings. The molecule has 2 rings (SSSR count). The molecule has 0 unspecified atom stereocenters. The molecule has 0 bridgehead atoms. The summed E-state index contributed by atoms with van der Waals surface area (Å²) in [6.45, 7) is 11.7. The molecule has 1 fully saturated rings. The van der Waals surface area contributed by atoms with Gasteiger partial charge in [-0.15, -0.1) is 0 Å². The Labute approximate surface area is 192 Å². The Hall–Kier alpha value is -2.37. The summed E-state index contributed by atoms with van der Waals surface area (Å²) in [5.74, 6) is -0.290. The van der Waals surface area contributed by atoms with Gasteiger partial charge in [0.1, 0.15) is 24.0 Å². The molecule has 0 aromatic heterocycles. The van der Waals surface area contributed by atoms with E-state index in [1.165, 1.54) is 5.56 Å². The van der Waals surface area contributed by atoms with Crippen molar-refractivity contribution in [3.05, 3.63) is 35.4 Å². The topological polar surface area (TPSA) is 81.7 Å². The van der Waals surface area contributed by atoms with E-state index < -0.39 is 23.7 Å². The van der Waals surface area contributed by atoms with Crippen molar-refractivity contribution in [3.8, 4) is 0 Å². The molecule has 1 aromatic carbocycles. The van der Waals surface area contributed by atoms with E-state index >= 15 is 0 Å². The van der Waals surface area contributed by atoms with Crippen molar-refractivity contribution < 1.29 is 23.9 Å². The van der Waals surface area contributed by atoms with Gasteiger partial charge >= 0.3 is 12.1 Å². The van der Waals surface area contributed by atoms with Gasteiger partial charge in [-0.1, -0.05) is 70.7 Å². The molecule has 178 valence electrons. The fourth-order valence-corrected chi connectivity index (χ4v) is 3.85. The molecule has 0 heterocycles. The minimum atomic E-state index is -1.06. The van der Waals surface area contributed by atoms with Gasteiger partial charge < -0.3 is 14.8 Å². The molecular formula is C26H39NO5. The normalized spacial score (nSPS) is 15.8. The van der Waals surface area contributed by atoms with Crippen LogP contribution in [0.15, 0.2) is 24.3 Å². The minimum Gasteiger partial charge on any atom is -0.459 e. The zero-order valence-corrected chi connectivity index (χ0v) is 20.5. The van der Waals surface area contributed by atoms with Crippen molar-refractivity contribution in [2.24, 2.45) is 5.92 Å². The first-order valence-electron chi connectivity index (χ1n) is 11.6. The zero-order chi connectivity index (χ0) is 23.9. The van der Waals surface area contributed by atoms with Crippen LogP contribution in [0.3, 0.4) is 0 Å². The number of ether oxygens (including phenoxy) is 2. The number of nitrogens with one attached hydrogen (secondary N) is 1. The van der Waals surface area contributed by atoms with Crippen LogP contribution in [0.1, 0.15) is 91.2 Å². The van der Waals surface area contributed by atoms with E-state index in [0.29, 0.717) is 12.3 Å². The third-order valence-corrected chi connectivity index (χ3v) is 5.60. The molecule has 1 saturated carbocycles. The second-order valence-corrected chi connectivity index (χ2v) is 10.9. The Bertz CT molecular complexity index is 780. The maximum absolute atomic E-state index is 12.8. The summed E-state index contributed by atoms with van der Waals surface area (Å²) in [7, 11) is 0. The lowest BCUT2D eigenvalue weighted by molar-refractivity contribution is -0.148. The monoisotopic (exact) mass is 445 g/mol. The molecule has 1 aliphatic carbocycles. The van der Waals surface area contributed by atoms with Gasteiger partial charge in [0, 0.05) is 12.8 Å². The third kappa shape index (κ3) is 9.01. The summed E-state index contributed by atoms with van der Waals surface area (Å²) in [5.41, 5.74) is 1.37. The summed E-state index contributed by atoms with van der Waals surface area (Å²) in [5, 5.41) is 2.54. The molecule has 32 heavy (non-hydrogen) atoms. The molecule has 0 radical (unpaired) electrons. The molecule has 1 N–H and O–H groups in total. The number of alkyl carbamates (subject to hydrolysis) is 1. The Morgan fingerprint density at radius 3 is 2.12 bits per heavy atom. The smallest absolute Gasteiger partial charge is 0.408 e. The summed E-state index contributed by atoms with van der Waals surface area (Å²) in [6, 6.07) is 6.83. The van der Waals surface area contributed by atoms with Gasteiger partial charge in [0.25, 0.3) is 0 Å². The molecule has 1 amide bonds. The van der Waals surface area contributed by atoms with Crippen LogP contribution in [-0.4, -0.2) is 29.5 Å². The SMILES string of the molecule is CC(C)(C)OC(=O)N[C@@H](CC(=O)CC1CCCC1)C(=O)OCc1ccc(C(C)(C)C)cc1. The van der Waals surface area contributed by atoms with E-state index in [9.17, 15) is 14.4 Å². The number of ketones is 1. The van der Waals surface area contributed by atoms with Crippen molar-refractivity contribution in [3.63, 3.8) is 0 Å². The first kappa shape index (κ1) is 25.9. The summed E-state index contributed by atoms with van der Waals surface area (Å²) >= 11 is 0. The van der Waals surface area contributed by atoms with Crippen LogP contribution in [0.5, 0.6) is 0 Å². The molecule has 6 heteroatoms. The number of amides is 1. The second-order valence-electron chi connectivity index (χ2n) is 10.9. The third-order valence-electron chi connectivity index (χ3n) is 5.60. The first-order valence-corrected chi connectivity index (χ1v) is 11.6.